The molecule has 0 spiro atoms. The minimum absolute atomic E-state index is 0.132. The van der Waals surface area contributed by atoms with Crippen molar-refractivity contribution in [2.75, 3.05) is 12.4 Å². The first kappa shape index (κ1) is 24.9. The van der Waals surface area contributed by atoms with E-state index in [1.807, 2.05) is 60.0 Å². The van der Waals surface area contributed by atoms with Gasteiger partial charge in [0.1, 0.15) is 5.75 Å². The Morgan fingerprint density at radius 2 is 1.89 bits per heavy atom. The third kappa shape index (κ3) is 6.28. The van der Waals surface area contributed by atoms with E-state index in [2.05, 4.69) is 20.8 Å². The lowest BCUT2D eigenvalue weighted by Crippen LogP contribution is -2.29. The van der Waals surface area contributed by atoms with Gasteiger partial charge in [0.2, 0.25) is 0 Å². The van der Waals surface area contributed by atoms with Crippen LogP contribution in [0.3, 0.4) is 0 Å². The Hall–Kier alpha value is -3.20. The van der Waals surface area contributed by atoms with E-state index < -0.39 is 0 Å². The third-order valence-corrected chi connectivity index (χ3v) is 6.71. The molecule has 0 saturated heterocycles. The number of aromatic nitrogens is 3. The van der Waals surface area contributed by atoms with Crippen molar-refractivity contribution in [3.8, 4) is 11.4 Å². The maximum absolute atomic E-state index is 12.5. The average Bonchev–Trinajstić information content (AvgIpc) is 3.27. The molecule has 0 unspecified atom stereocenters. The maximum Gasteiger partial charge on any atom is 0.319 e. The number of rotatable bonds is 8. The van der Waals surface area contributed by atoms with Gasteiger partial charge in [0.05, 0.1) is 24.4 Å². The van der Waals surface area contributed by atoms with Gasteiger partial charge in [0.25, 0.3) is 0 Å². The van der Waals surface area contributed by atoms with Crippen molar-refractivity contribution >= 4 is 46.7 Å². The molecule has 0 fully saturated rings. The number of thioether (sulfide) groups is 1. The number of carbonyl (C=O) groups is 1. The van der Waals surface area contributed by atoms with Crippen LogP contribution >= 0.6 is 35.0 Å². The number of hydrogen-bond donors (Lipinski definition) is 2. The molecule has 1 aromatic heterocycles. The molecule has 0 atom stereocenters. The lowest BCUT2D eigenvalue weighted by atomic mass is 10.2. The van der Waals surface area contributed by atoms with Crippen molar-refractivity contribution in [1.29, 1.82) is 0 Å². The second kappa shape index (κ2) is 11.5. The number of halogens is 2. The van der Waals surface area contributed by atoms with Crippen molar-refractivity contribution in [2.24, 2.45) is 0 Å². The molecule has 0 bridgehead atoms. The van der Waals surface area contributed by atoms with Crippen LogP contribution in [0, 0.1) is 6.92 Å². The molecular weight excluding hydrogens is 505 g/mol. The summed E-state index contributed by atoms with van der Waals surface area (Å²) in [7, 11) is 1.64. The zero-order chi connectivity index (χ0) is 24.8. The highest BCUT2D eigenvalue weighted by Crippen LogP contribution is 2.31. The Labute approximate surface area is 217 Å². The Balaban J connectivity index is 1.57. The number of benzene rings is 3. The fourth-order valence-electron chi connectivity index (χ4n) is 3.36. The van der Waals surface area contributed by atoms with Gasteiger partial charge in [-0.05, 0) is 54.4 Å². The van der Waals surface area contributed by atoms with Crippen molar-refractivity contribution in [1.82, 2.24) is 20.1 Å². The predicted molar refractivity (Wildman–Crippen MR) is 141 cm³/mol. The van der Waals surface area contributed by atoms with Gasteiger partial charge in [-0.1, -0.05) is 65.3 Å². The van der Waals surface area contributed by atoms with Crippen LogP contribution in [0.1, 0.15) is 17.0 Å². The second-order valence-corrected chi connectivity index (χ2v) is 9.38. The predicted octanol–water partition coefficient (Wildman–Crippen LogP) is 6.51. The van der Waals surface area contributed by atoms with Gasteiger partial charge < -0.3 is 15.4 Å². The Bertz CT molecular complexity index is 1350. The highest BCUT2D eigenvalue weighted by atomic mass is 35.5. The lowest BCUT2D eigenvalue weighted by Gasteiger charge is -2.14. The van der Waals surface area contributed by atoms with Crippen LogP contribution in [0.15, 0.2) is 71.9 Å². The van der Waals surface area contributed by atoms with E-state index in [0.717, 1.165) is 22.6 Å². The lowest BCUT2D eigenvalue weighted by molar-refractivity contribution is 0.251. The second-order valence-electron chi connectivity index (χ2n) is 7.59. The molecule has 7 nitrogen and oxygen atoms in total. The molecule has 2 N–H and O–H groups in total. The normalized spacial score (nSPS) is 10.7. The largest absolute Gasteiger partial charge is 0.497 e. The summed E-state index contributed by atoms with van der Waals surface area (Å²) in [5.74, 6) is 1.93. The number of methoxy groups -OCH3 is 1. The van der Waals surface area contributed by atoms with E-state index in [4.69, 9.17) is 27.9 Å². The summed E-state index contributed by atoms with van der Waals surface area (Å²) in [6.45, 7) is 2.06. The maximum atomic E-state index is 12.5. The Morgan fingerprint density at radius 3 is 2.69 bits per heavy atom. The van der Waals surface area contributed by atoms with Crippen molar-refractivity contribution < 1.29 is 9.53 Å². The zero-order valence-corrected chi connectivity index (χ0v) is 21.4. The van der Waals surface area contributed by atoms with E-state index in [1.165, 1.54) is 11.8 Å². The van der Waals surface area contributed by atoms with Gasteiger partial charge in [-0.25, -0.2) is 4.79 Å². The fraction of sp³-hybridized carbons (Fsp3) is 0.160. The SMILES string of the molecule is COc1cccc(CSc2nnc(CNC(=O)Nc3ccccc3C)n2-c2cc(Cl)ccc2Cl)c1. The van der Waals surface area contributed by atoms with Crippen molar-refractivity contribution in [3.05, 3.63) is 93.7 Å². The first-order valence-electron chi connectivity index (χ1n) is 10.7. The number of para-hydroxylation sites is 1. The Kier molecular flexibility index (Phi) is 8.17. The number of hydrogen-bond acceptors (Lipinski definition) is 5. The summed E-state index contributed by atoms with van der Waals surface area (Å²) in [4.78, 5) is 12.5. The highest BCUT2D eigenvalue weighted by molar-refractivity contribution is 7.98. The summed E-state index contributed by atoms with van der Waals surface area (Å²) in [5, 5.41) is 16.0. The van der Waals surface area contributed by atoms with Crippen LogP contribution in [0.2, 0.25) is 10.0 Å². The summed E-state index contributed by atoms with van der Waals surface area (Å²) in [5.41, 5.74) is 3.40. The number of urea groups is 1. The smallest absolute Gasteiger partial charge is 0.319 e. The van der Waals surface area contributed by atoms with Gasteiger partial charge in [0, 0.05) is 16.5 Å². The van der Waals surface area contributed by atoms with E-state index in [0.29, 0.717) is 32.5 Å². The molecule has 10 heteroatoms. The average molecular weight is 528 g/mol. The standard InChI is InChI=1S/C25H23Cl2N5O2S/c1-16-6-3-4-9-21(16)29-24(33)28-14-23-30-31-25(32(23)22-13-18(26)10-11-20(22)27)35-15-17-7-5-8-19(12-17)34-2/h3-13H,14-15H2,1-2H3,(H2,28,29,33). The van der Waals surface area contributed by atoms with Crippen molar-refractivity contribution in [2.45, 2.75) is 24.4 Å². The van der Waals surface area contributed by atoms with Crippen LogP contribution in [0.4, 0.5) is 10.5 Å². The van der Waals surface area contributed by atoms with Gasteiger partial charge in [0.15, 0.2) is 11.0 Å². The highest BCUT2D eigenvalue weighted by Gasteiger charge is 2.18. The number of nitrogens with zero attached hydrogens (tertiary/aromatic N) is 3. The summed E-state index contributed by atoms with van der Waals surface area (Å²) < 4.78 is 7.13. The van der Waals surface area contributed by atoms with Gasteiger partial charge in [-0.15, -0.1) is 10.2 Å². The molecule has 0 radical (unpaired) electrons. The molecule has 35 heavy (non-hydrogen) atoms. The third-order valence-electron chi connectivity index (χ3n) is 5.15. The van der Waals surface area contributed by atoms with Gasteiger partial charge >= 0.3 is 6.03 Å². The number of anilines is 1. The molecule has 4 aromatic rings. The minimum Gasteiger partial charge on any atom is -0.497 e. The molecule has 0 aliphatic carbocycles. The van der Waals surface area contributed by atoms with E-state index >= 15 is 0 Å². The number of nitrogens with one attached hydrogen (secondary N) is 2. The van der Waals surface area contributed by atoms with Crippen LogP contribution in [-0.4, -0.2) is 27.9 Å². The number of amides is 2. The molecule has 0 saturated carbocycles. The molecule has 2 amide bonds. The molecule has 180 valence electrons. The van der Waals surface area contributed by atoms with Crippen LogP contribution < -0.4 is 15.4 Å². The van der Waals surface area contributed by atoms with Crippen LogP contribution in [0.25, 0.3) is 5.69 Å². The minimum atomic E-state index is -0.350. The van der Waals surface area contributed by atoms with Crippen LogP contribution in [-0.2, 0) is 12.3 Å². The number of aryl methyl sites for hydroxylation is 1. The first-order valence-corrected chi connectivity index (χ1v) is 12.4. The molecule has 3 aromatic carbocycles. The summed E-state index contributed by atoms with van der Waals surface area (Å²) in [6.07, 6.45) is 0. The number of ether oxygens (including phenoxy) is 1. The summed E-state index contributed by atoms with van der Waals surface area (Å²) >= 11 is 14.3. The van der Waals surface area contributed by atoms with Gasteiger partial charge in [-0.3, -0.25) is 4.57 Å². The van der Waals surface area contributed by atoms with Crippen molar-refractivity contribution in [3.63, 3.8) is 0 Å². The molecule has 0 aliphatic rings. The van der Waals surface area contributed by atoms with Crippen LogP contribution in [0.5, 0.6) is 5.75 Å². The first-order chi connectivity index (χ1) is 16.9. The molecular formula is C25H23Cl2N5O2S. The number of carbonyl (C=O) groups excluding carboxylic acids is 1. The van der Waals surface area contributed by atoms with E-state index in [-0.39, 0.29) is 12.6 Å². The van der Waals surface area contributed by atoms with Gasteiger partial charge in [-0.2, -0.15) is 0 Å². The fourth-order valence-corrected chi connectivity index (χ4v) is 4.63. The Morgan fingerprint density at radius 1 is 1.06 bits per heavy atom. The van der Waals surface area contributed by atoms with E-state index in [1.54, 1.807) is 25.3 Å². The summed E-state index contributed by atoms with van der Waals surface area (Å²) in [6, 6.07) is 20.2. The molecule has 4 rings (SSSR count). The zero-order valence-electron chi connectivity index (χ0n) is 19.1. The molecule has 0 aliphatic heterocycles. The monoisotopic (exact) mass is 527 g/mol. The molecule has 1 heterocycles. The van der Waals surface area contributed by atoms with E-state index in [9.17, 15) is 4.79 Å². The topological polar surface area (TPSA) is 81.1 Å². The quantitative estimate of drug-likeness (QED) is 0.255.